The van der Waals surface area contributed by atoms with Crippen LogP contribution >= 0.6 is 0 Å². The van der Waals surface area contributed by atoms with Crippen LogP contribution in [0.3, 0.4) is 0 Å². The first-order valence-corrected chi connectivity index (χ1v) is 8.85. The van der Waals surface area contributed by atoms with Gasteiger partial charge in [-0.05, 0) is 64.7 Å². The molecule has 0 saturated carbocycles. The van der Waals surface area contributed by atoms with E-state index in [9.17, 15) is 0 Å². The van der Waals surface area contributed by atoms with E-state index >= 15 is 0 Å². The van der Waals surface area contributed by atoms with E-state index in [-0.39, 0.29) is 11.1 Å². The Bertz CT molecular complexity index is 499. The van der Waals surface area contributed by atoms with Crippen LogP contribution in [0.2, 0.25) is 0 Å². The molecule has 2 saturated heterocycles. The van der Waals surface area contributed by atoms with Crippen molar-refractivity contribution in [2.45, 2.75) is 70.1 Å². The van der Waals surface area contributed by atoms with Crippen molar-refractivity contribution in [3.05, 3.63) is 30.1 Å². The van der Waals surface area contributed by atoms with Crippen molar-refractivity contribution < 1.29 is 4.74 Å². The standard InChI is InChI=1S/C19H31N3O/c1-18(2)10-16(11-19(3,4)22-18)21-17-13-23-12-15(17)9-14-5-7-20-8-6-14/h5-8,15-17,21-22H,9-13H2,1-4H3/t15-,17+/m1/s1. The van der Waals surface area contributed by atoms with Crippen LogP contribution < -0.4 is 10.6 Å². The molecule has 1 aromatic rings. The van der Waals surface area contributed by atoms with Gasteiger partial charge < -0.3 is 15.4 Å². The maximum Gasteiger partial charge on any atom is 0.0623 e. The first-order valence-electron chi connectivity index (χ1n) is 8.85. The Morgan fingerprint density at radius 3 is 2.43 bits per heavy atom. The molecule has 2 aliphatic heterocycles. The van der Waals surface area contributed by atoms with E-state index in [1.165, 1.54) is 5.56 Å². The van der Waals surface area contributed by atoms with Gasteiger partial charge in [-0.1, -0.05) is 0 Å². The molecule has 4 heteroatoms. The fourth-order valence-electron chi connectivity index (χ4n) is 4.55. The molecule has 0 radical (unpaired) electrons. The molecule has 0 aliphatic carbocycles. The Kier molecular flexibility index (Phi) is 4.77. The summed E-state index contributed by atoms with van der Waals surface area (Å²) in [6.07, 6.45) is 7.15. The summed E-state index contributed by atoms with van der Waals surface area (Å²) in [5.74, 6) is 0.554. The number of nitrogens with one attached hydrogen (secondary N) is 2. The second kappa shape index (κ2) is 6.50. The summed E-state index contributed by atoms with van der Waals surface area (Å²) in [6.45, 7) is 10.9. The number of rotatable bonds is 4. The van der Waals surface area contributed by atoms with Crippen LogP contribution in [-0.4, -0.2) is 41.4 Å². The number of ether oxygens (including phenoxy) is 1. The Morgan fingerprint density at radius 2 is 1.78 bits per heavy atom. The number of nitrogens with zero attached hydrogens (tertiary/aromatic N) is 1. The van der Waals surface area contributed by atoms with Gasteiger partial charge >= 0.3 is 0 Å². The van der Waals surface area contributed by atoms with Crippen LogP contribution in [0.1, 0.15) is 46.1 Å². The SMILES string of the molecule is CC1(C)CC(N[C@H]2COC[C@H]2Cc2ccncc2)CC(C)(C)N1. The maximum atomic E-state index is 5.79. The first kappa shape index (κ1) is 16.9. The van der Waals surface area contributed by atoms with Gasteiger partial charge in [0.2, 0.25) is 0 Å². The highest BCUT2D eigenvalue weighted by Crippen LogP contribution is 2.30. The van der Waals surface area contributed by atoms with Crippen molar-refractivity contribution in [3.8, 4) is 0 Å². The predicted molar refractivity (Wildman–Crippen MR) is 93.5 cm³/mol. The van der Waals surface area contributed by atoms with Crippen molar-refractivity contribution in [1.29, 1.82) is 0 Å². The zero-order chi connectivity index (χ0) is 16.5. The van der Waals surface area contributed by atoms with E-state index in [1.54, 1.807) is 0 Å². The second-order valence-electron chi connectivity index (χ2n) is 8.63. The van der Waals surface area contributed by atoms with Gasteiger partial charge in [-0.15, -0.1) is 0 Å². The minimum atomic E-state index is 0.180. The molecule has 128 valence electrons. The lowest BCUT2D eigenvalue weighted by molar-refractivity contribution is 0.132. The Labute approximate surface area is 140 Å². The number of piperidine rings is 1. The molecule has 3 heterocycles. The lowest BCUT2D eigenvalue weighted by atomic mass is 9.79. The van der Waals surface area contributed by atoms with Crippen LogP contribution in [0.15, 0.2) is 24.5 Å². The quantitative estimate of drug-likeness (QED) is 0.896. The molecule has 4 nitrogen and oxygen atoms in total. The molecular weight excluding hydrogens is 286 g/mol. The number of hydrogen-bond donors (Lipinski definition) is 2. The average molecular weight is 317 g/mol. The molecule has 2 N–H and O–H groups in total. The lowest BCUT2D eigenvalue weighted by Crippen LogP contribution is -2.63. The van der Waals surface area contributed by atoms with Crippen LogP contribution in [0.25, 0.3) is 0 Å². The number of hydrogen-bond acceptors (Lipinski definition) is 4. The molecule has 0 unspecified atom stereocenters. The minimum absolute atomic E-state index is 0.180. The zero-order valence-electron chi connectivity index (χ0n) is 14.9. The van der Waals surface area contributed by atoms with Gasteiger partial charge in [0.05, 0.1) is 13.2 Å². The largest absolute Gasteiger partial charge is 0.379 e. The first-order chi connectivity index (χ1) is 10.8. The summed E-state index contributed by atoms with van der Waals surface area (Å²) in [5, 5.41) is 7.68. The van der Waals surface area contributed by atoms with E-state index < -0.39 is 0 Å². The van der Waals surface area contributed by atoms with Crippen LogP contribution in [0.4, 0.5) is 0 Å². The van der Waals surface area contributed by atoms with E-state index in [1.807, 2.05) is 12.4 Å². The Hall–Kier alpha value is -0.970. The highest BCUT2D eigenvalue weighted by Gasteiger charge is 2.39. The number of pyridine rings is 1. The zero-order valence-corrected chi connectivity index (χ0v) is 14.9. The average Bonchev–Trinajstić information content (AvgIpc) is 2.83. The van der Waals surface area contributed by atoms with Gasteiger partial charge in [0.15, 0.2) is 0 Å². The molecule has 2 atom stereocenters. The molecule has 0 spiro atoms. The van der Waals surface area contributed by atoms with Gasteiger partial charge in [-0.25, -0.2) is 0 Å². The fourth-order valence-corrected chi connectivity index (χ4v) is 4.55. The van der Waals surface area contributed by atoms with Gasteiger partial charge in [-0.2, -0.15) is 0 Å². The summed E-state index contributed by atoms with van der Waals surface area (Å²) < 4.78 is 5.79. The van der Waals surface area contributed by atoms with Crippen molar-refractivity contribution >= 4 is 0 Å². The third-order valence-electron chi connectivity index (χ3n) is 5.09. The van der Waals surface area contributed by atoms with E-state index in [4.69, 9.17) is 4.74 Å². The highest BCUT2D eigenvalue weighted by atomic mass is 16.5. The third kappa shape index (κ3) is 4.52. The van der Waals surface area contributed by atoms with E-state index in [2.05, 4.69) is 55.4 Å². The van der Waals surface area contributed by atoms with Crippen molar-refractivity contribution in [2.24, 2.45) is 5.92 Å². The molecule has 23 heavy (non-hydrogen) atoms. The van der Waals surface area contributed by atoms with Crippen molar-refractivity contribution in [1.82, 2.24) is 15.6 Å². The van der Waals surface area contributed by atoms with Gasteiger partial charge in [0.1, 0.15) is 0 Å². The maximum absolute atomic E-state index is 5.79. The summed E-state index contributed by atoms with van der Waals surface area (Å²) in [6, 6.07) is 5.24. The topological polar surface area (TPSA) is 46.2 Å². The molecule has 2 aliphatic rings. The summed E-state index contributed by atoms with van der Waals surface area (Å²) in [4.78, 5) is 4.11. The summed E-state index contributed by atoms with van der Waals surface area (Å²) in [7, 11) is 0. The van der Waals surface area contributed by atoms with E-state index in [0.29, 0.717) is 18.0 Å². The van der Waals surface area contributed by atoms with Gasteiger partial charge in [0.25, 0.3) is 0 Å². The molecule has 0 bridgehead atoms. The second-order valence-corrected chi connectivity index (χ2v) is 8.63. The Balaban J connectivity index is 1.62. The number of aromatic nitrogens is 1. The lowest BCUT2D eigenvalue weighted by Gasteiger charge is -2.47. The van der Waals surface area contributed by atoms with Crippen LogP contribution in [0, 0.1) is 5.92 Å². The van der Waals surface area contributed by atoms with Crippen molar-refractivity contribution in [3.63, 3.8) is 0 Å². The molecule has 2 fully saturated rings. The molecule has 0 amide bonds. The molecule has 1 aromatic heterocycles. The van der Waals surface area contributed by atoms with Gasteiger partial charge in [0, 0.05) is 41.5 Å². The summed E-state index contributed by atoms with van der Waals surface area (Å²) in [5.41, 5.74) is 1.71. The predicted octanol–water partition coefficient (Wildman–Crippen LogP) is 2.54. The fraction of sp³-hybridized carbons (Fsp3) is 0.737. The van der Waals surface area contributed by atoms with Crippen LogP contribution in [0.5, 0.6) is 0 Å². The summed E-state index contributed by atoms with van der Waals surface area (Å²) >= 11 is 0. The normalized spacial score (nSPS) is 30.4. The smallest absolute Gasteiger partial charge is 0.0623 e. The van der Waals surface area contributed by atoms with Crippen molar-refractivity contribution in [2.75, 3.05) is 13.2 Å². The van der Waals surface area contributed by atoms with Gasteiger partial charge in [-0.3, -0.25) is 4.98 Å². The highest BCUT2D eigenvalue weighted by molar-refractivity contribution is 5.12. The molecule has 3 rings (SSSR count). The third-order valence-corrected chi connectivity index (χ3v) is 5.09. The molecule has 0 aromatic carbocycles. The van der Waals surface area contributed by atoms with E-state index in [0.717, 1.165) is 32.5 Å². The van der Waals surface area contributed by atoms with Crippen LogP contribution in [-0.2, 0) is 11.2 Å². The minimum Gasteiger partial charge on any atom is -0.379 e. The Morgan fingerprint density at radius 1 is 1.13 bits per heavy atom. The molecular formula is C19H31N3O. The monoisotopic (exact) mass is 317 g/mol.